The SMILES string of the molecule is CCOc1ccc(-c2noc(C3CCN(C(=O)C4CCN(c5ccccc5)C4)CC3)n2)cc1OC. The van der Waals surface area contributed by atoms with Crippen LogP contribution < -0.4 is 14.4 Å². The lowest BCUT2D eigenvalue weighted by Crippen LogP contribution is -2.42. The van der Waals surface area contributed by atoms with E-state index in [0.29, 0.717) is 29.8 Å². The molecule has 184 valence electrons. The molecule has 0 saturated carbocycles. The minimum atomic E-state index is 0.0661. The van der Waals surface area contributed by atoms with E-state index in [1.807, 2.05) is 48.2 Å². The molecule has 2 aliphatic rings. The molecule has 3 heterocycles. The Morgan fingerprint density at radius 1 is 1.06 bits per heavy atom. The standard InChI is InChI=1S/C27H32N4O4/c1-3-34-23-10-9-20(17-24(23)33-2)25-28-26(35-29-25)19-11-14-30(15-12-19)27(32)21-13-16-31(18-21)22-7-5-4-6-8-22/h4-10,17,19,21H,3,11-16,18H2,1-2H3. The van der Waals surface area contributed by atoms with E-state index in [1.54, 1.807) is 7.11 Å². The van der Waals surface area contributed by atoms with Crippen molar-refractivity contribution in [1.82, 2.24) is 15.0 Å². The summed E-state index contributed by atoms with van der Waals surface area (Å²) in [6.07, 6.45) is 2.57. The quantitative estimate of drug-likeness (QED) is 0.501. The van der Waals surface area contributed by atoms with Gasteiger partial charge in [-0.25, -0.2) is 0 Å². The van der Waals surface area contributed by atoms with Crippen molar-refractivity contribution in [2.45, 2.75) is 32.1 Å². The molecule has 35 heavy (non-hydrogen) atoms. The van der Waals surface area contributed by atoms with Crippen molar-refractivity contribution in [3.8, 4) is 22.9 Å². The first kappa shape index (κ1) is 23.2. The second-order valence-electron chi connectivity index (χ2n) is 9.12. The van der Waals surface area contributed by atoms with Crippen LogP contribution in [0.25, 0.3) is 11.4 Å². The van der Waals surface area contributed by atoms with Gasteiger partial charge in [-0.3, -0.25) is 4.79 Å². The van der Waals surface area contributed by atoms with E-state index in [4.69, 9.17) is 14.0 Å². The molecule has 5 rings (SSSR count). The maximum Gasteiger partial charge on any atom is 0.230 e. The number of para-hydroxylation sites is 1. The first-order chi connectivity index (χ1) is 17.2. The summed E-state index contributed by atoms with van der Waals surface area (Å²) in [6, 6.07) is 16.0. The Bertz CT molecular complexity index is 1140. The summed E-state index contributed by atoms with van der Waals surface area (Å²) in [7, 11) is 1.61. The Morgan fingerprint density at radius 3 is 2.60 bits per heavy atom. The lowest BCUT2D eigenvalue weighted by molar-refractivity contribution is -0.136. The normalized spacial score (nSPS) is 18.6. The number of likely N-dealkylation sites (tertiary alicyclic amines) is 1. The average molecular weight is 477 g/mol. The molecule has 0 spiro atoms. The number of methoxy groups -OCH3 is 1. The summed E-state index contributed by atoms with van der Waals surface area (Å²) in [6.45, 7) is 5.67. The number of rotatable bonds is 7. The summed E-state index contributed by atoms with van der Waals surface area (Å²) < 4.78 is 16.7. The predicted molar refractivity (Wildman–Crippen MR) is 133 cm³/mol. The molecule has 0 N–H and O–H groups in total. The van der Waals surface area contributed by atoms with Gasteiger partial charge in [-0.05, 0) is 56.5 Å². The van der Waals surface area contributed by atoms with E-state index < -0.39 is 0 Å². The molecule has 2 aliphatic heterocycles. The number of carbonyl (C=O) groups is 1. The van der Waals surface area contributed by atoms with Crippen LogP contribution in [0.1, 0.15) is 38.0 Å². The molecule has 0 bridgehead atoms. The van der Waals surface area contributed by atoms with Crippen LogP contribution in [0.4, 0.5) is 5.69 Å². The van der Waals surface area contributed by atoms with Crippen molar-refractivity contribution in [3.63, 3.8) is 0 Å². The van der Waals surface area contributed by atoms with Gasteiger partial charge in [-0.1, -0.05) is 23.4 Å². The fourth-order valence-corrected chi connectivity index (χ4v) is 5.04. The Labute approximate surface area is 205 Å². The van der Waals surface area contributed by atoms with Gasteiger partial charge in [0, 0.05) is 43.3 Å². The zero-order valence-electron chi connectivity index (χ0n) is 20.4. The highest BCUT2D eigenvalue weighted by atomic mass is 16.5. The first-order valence-corrected chi connectivity index (χ1v) is 12.4. The largest absolute Gasteiger partial charge is 0.493 e. The van der Waals surface area contributed by atoms with Gasteiger partial charge in [-0.15, -0.1) is 0 Å². The first-order valence-electron chi connectivity index (χ1n) is 12.4. The summed E-state index contributed by atoms with van der Waals surface area (Å²) in [5, 5.41) is 4.20. The third-order valence-corrected chi connectivity index (χ3v) is 6.98. The molecule has 2 aromatic carbocycles. The number of hydrogen-bond donors (Lipinski definition) is 0. The average Bonchev–Trinajstić information content (AvgIpc) is 3.60. The highest BCUT2D eigenvalue weighted by Gasteiger charge is 2.34. The second kappa shape index (κ2) is 10.4. The number of nitrogens with zero attached hydrogens (tertiary/aromatic N) is 4. The summed E-state index contributed by atoms with van der Waals surface area (Å²) >= 11 is 0. The van der Waals surface area contributed by atoms with Crippen molar-refractivity contribution in [1.29, 1.82) is 0 Å². The summed E-state index contributed by atoms with van der Waals surface area (Å²) in [5.41, 5.74) is 2.01. The van der Waals surface area contributed by atoms with E-state index in [2.05, 4.69) is 27.2 Å². The predicted octanol–water partition coefficient (Wildman–Crippen LogP) is 4.38. The van der Waals surface area contributed by atoms with E-state index in [9.17, 15) is 4.79 Å². The molecule has 1 unspecified atom stereocenters. The number of benzene rings is 2. The molecule has 3 aromatic rings. The molecular weight excluding hydrogens is 444 g/mol. The zero-order chi connectivity index (χ0) is 24.2. The van der Waals surface area contributed by atoms with Gasteiger partial charge in [0.25, 0.3) is 0 Å². The van der Waals surface area contributed by atoms with Crippen molar-refractivity contribution >= 4 is 11.6 Å². The summed E-state index contributed by atoms with van der Waals surface area (Å²) in [5.74, 6) is 3.00. The van der Waals surface area contributed by atoms with E-state index in [-0.39, 0.29) is 17.7 Å². The van der Waals surface area contributed by atoms with Gasteiger partial charge in [0.15, 0.2) is 11.5 Å². The lowest BCUT2D eigenvalue weighted by Gasteiger charge is -2.32. The van der Waals surface area contributed by atoms with Crippen LogP contribution in [-0.2, 0) is 4.79 Å². The van der Waals surface area contributed by atoms with Crippen molar-refractivity contribution in [2.24, 2.45) is 5.92 Å². The highest BCUT2D eigenvalue weighted by molar-refractivity contribution is 5.80. The number of ether oxygens (including phenoxy) is 2. The molecule has 8 nitrogen and oxygen atoms in total. The molecule has 8 heteroatoms. The Kier molecular flexibility index (Phi) is 6.88. The maximum absolute atomic E-state index is 13.2. The van der Waals surface area contributed by atoms with Crippen molar-refractivity contribution in [3.05, 3.63) is 54.4 Å². The number of anilines is 1. The Morgan fingerprint density at radius 2 is 1.86 bits per heavy atom. The van der Waals surface area contributed by atoms with Crippen molar-refractivity contribution < 1.29 is 18.8 Å². The monoisotopic (exact) mass is 476 g/mol. The van der Waals surface area contributed by atoms with Crippen LogP contribution in [0.2, 0.25) is 0 Å². The number of amides is 1. The molecule has 2 saturated heterocycles. The minimum absolute atomic E-state index is 0.0661. The molecule has 1 amide bonds. The zero-order valence-corrected chi connectivity index (χ0v) is 20.4. The fraction of sp³-hybridized carbons (Fsp3) is 0.444. The molecular formula is C27H32N4O4. The minimum Gasteiger partial charge on any atom is -0.493 e. The van der Waals surface area contributed by atoms with Crippen molar-refractivity contribution in [2.75, 3.05) is 44.8 Å². The maximum atomic E-state index is 13.2. The molecule has 1 aromatic heterocycles. The number of hydrogen-bond acceptors (Lipinski definition) is 7. The molecule has 1 atom stereocenters. The van der Waals surface area contributed by atoms with Crippen LogP contribution in [0.5, 0.6) is 11.5 Å². The van der Waals surface area contributed by atoms with Gasteiger partial charge >= 0.3 is 0 Å². The van der Waals surface area contributed by atoms with Gasteiger partial charge in [0.1, 0.15) is 0 Å². The van der Waals surface area contributed by atoms with Gasteiger partial charge in [-0.2, -0.15) is 4.98 Å². The number of aromatic nitrogens is 2. The molecule has 2 fully saturated rings. The number of carbonyl (C=O) groups excluding carboxylic acids is 1. The van der Waals surface area contributed by atoms with Crippen LogP contribution in [0.15, 0.2) is 53.1 Å². The van der Waals surface area contributed by atoms with Gasteiger partial charge < -0.3 is 23.8 Å². The number of piperidine rings is 1. The molecule has 0 radical (unpaired) electrons. The molecule has 0 aliphatic carbocycles. The van der Waals surface area contributed by atoms with Gasteiger partial charge in [0.05, 0.1) is 19.6 Å². The van der Waals surface area contributed by atoms with Crippen LogP contribution in [0.3, 0.4) is 0 Å². The van der Waals surface area contributed by atoms with E-state index in [0.717, 1.165) is 51.0 Å². The third-order valence-electron chi connectivity index (χ3n) is 6.98. The Balaban J connectivity index is 1.17. The van der Waals surface area contributed by atoms with Crippen LogP contribution in [-0.4, -0.2) is 60.8 Å². The van der Waals surface area contributed by atoms with E-state index >= 15 is 0 Å². The Hall–Kier alpha value is -3.55. The topological polar surface area (TPSA) is 80.9 Å². The van der Waals surface area contributed by atoms with Crippen LogP contribution in [0, 0.1) is 5.92 Å². The van der Waals surface area contributed by atoms with E-state index in [1.165, 1.54) is 5.69 Å². The summed E-state index contributed by atoms with van der Waals surface area (Å²) in [4.78, 5) is 22.2. The second-order valence-corrected chi connectivity index (χ2v) is 9.12. The van der Waals surface area contributed by atoms with Crippen LogP contribution >= 0.6 is 0 Å². The smallest absolute Gasteiger partial charge is 0.230 e. The fourth-order valence-electron chi connectivity index (χ4n) is 5.04. The van der Waals surface area contributed by atoms with Gasteiger partial charge in [0.2, 0.25) is 17.6 Å². The lowest BCUT2D eigenvalue weighted by atomic mass is 9.95. The third kappa shape index (κ3) is 4.97. The highest BCUT2D eigenvalue weighted by Crippen LogP contribution is 2.34.